The molecule has 0 N–H and O–H groups in total. The molecule has 4 nitrogen and oxygen atoms in total. The lowest BCUT2D eigenvalue weighted by atomic mass is 9.97. The highest BCUT2D eigenvalue weighted by Crippen LogP contribution is 2.33. The summed E-state index contributed by atoms with van der Waals surface area (Å²) in [7, 11) is -2.88. The van der Waals surface area contributed by atoms with Crippen LogP contribution in [0.2, 0.25) is 0 Å². The van der Waals surface area contributed by atoms with Crippen LogP contribution in [-0.4, -0.2) is 42.8 Å². The maximum absolute atomic E-state index is 12.6. The van der Waals surface area contributed by atoms with Crippen LogP contribution in [0.25, 0.3) is 0 Å². The highest BCUT2D eigenvalue weighted by atomic mass is 32.2. The monoisotopic (exact) mass is 301 g/mol. The van der Waals surface area contributed by atoms with E-state index in [0.29, 0.717) is 24.8 Å². The molecule has 5 heteroatoms. The van der Waals surface area contributed by atoms with Gasteiger partial charge in [-0.1, -0.05) is 20.3 Å². The Hall–Kier alpha value is -0.580. The average molecular weight is 301 g/mol. The van der Waals surface area contributed by atoms with Gasteiger partial charge in [0.2, 0.25) is 5.91 Å². The molecule has 2 rings (SSSR count). The van der Waals surface area contributed by atoms with E-state index in [4.69, 9.17) is 0 Å². The zero-order valence-electron chi connectivity index (χ0n) is 12.8. The first-order valence-corrected chi connectivity index (χ1v) is 9.67. The fourth-order valence-corrected chi connectivity index (χ4v) is 4.98. The van der Waals surface area contributed by atoms with Gasteiger partial charge in [-0.05, 0) is 38.0 Å². The van der Waals surface area contributed by atoms with E-state index in [1.807, 2.05) is 0 Å². The number of hydrogen-bond donors (Lipinski definition) is 0. The van der Waals surface area contributed by atoms with Crippen molar-refractivity contribution in [3.63, 3.8) is 0 Å². The van der Waals surface area contributed by atoms with Gasteiger partial charge in [0, 0.05) is 18.5 Å². The van der Waals surface area contributed by atoms with Gasteiger partial charge in [0.15, 0.2) is 9.84 Å². The van der Waals surface area contributed by atoms with Crippen molar-refractivity contribution in [3.05, 3.63) is 0 Å². The molecule has 0 unspecified atom stereocenters. The maximum Gasteiger partial charge on any atom is 0.223 e. The van der Waals surface area contributed by atoms with E-state index in [9.17, 15) is 13.2 Å². The predicted molar refractivity (Wildman–Crippen MR) is 80.2 cm³/mol. The number of carbonyl (C=O) groups excluding carboxylic acids is 1. The summed E-state index contributed by atoms with van der Waals surface area (Å²) in [5.41, 5.74) is 0. The Morgan fingerprint density at radius 3 is 2.35 bits per heavy atom. The molecule has 1 aliphatic carbocycles. The molecular weight excluding hydrogens is 274 g/mol. The molecule has 1 saturated carbocycles. The second kappa shape index (κ2) is 6.04. The first-order chi connectivity index (χ1) is 9.34. The Bertz CT molecular complexity index is 456. The van der Waals surface area contributed by atoms with Gasteiger partial charge in [-0.3, -0.25) is 4.79 Å². The Balaban J connectivity index is 1.97. The van der Waals surface area contributed by atoms with Gasteiger partial charge in [-0.25, -0.2) is 8.42 Å². The second-order valence-electron chi connectivity index (χ2n) is 6.63. The summed E-state index contributed by atoms with van der Waals surface area (Å²) in [4.78, 5) is 14.6. The third kappa shape index (κ3) is 3.74. The number of amides is 1. The molecule has 116 valence electrons. The highest BCUT2D eigenvalue weighted by molar-refractivity contribution is 7.91. The van der Waals surface area contributed by atoms with E-state index in [0.717, 1.165) is 19.3 Å². The summed E-state index contributed by atoms with van der Waals surface area (Å²) >= 11 is 0. The fourth-order valence-electron chi connectivity index (χ4n) is 3.12. The number of sulfone groups is 1. The van der Waals surface area contributed by atoms with Crippen LogP contribution in [0.5, 0.6) is 0 Å². The largest absolute Gasteiger partial charge is 0.337 e. The third-order valence-electron chi connectivity index (χ3n) is 4.92. The van der Waals surface area contributed by atoms with Crippen LogP contribution >= 0.6 is 0 Å². The molecule has 1 aliphatic heterocycles. The fraction of sp³-hybridized carbons (Fsp3) is 0.933. The predicted octanol–water partition coefficient (Wildman–Crippen LogP) is 2.24. The lowest BCUT2D eigenvalue weighted by molar-refractivity contribution is -0.135. The van der Waals surface area contributed by atoms with Crippen LogP contribution < -0.4 is 0 Å². The molecule has 0 bridgehead atoms. The van der Waals surface area contributed by atoms with E-state index in [2.05, 4.69) is 25.7 Å². The van der Waals surface area contributed by atoms with Crippen LogP contribution in [0.4, 0.5) is 0 Å². The van der Waals surface area contributed by atoms with Crippen molar-refractivity contribution in [1.29, 1.82) is 0 Å². The first kappa shape index (κ1) is 15.8. The lowest BCUT2D eigenvalue weighted by Crippen LogP contribution is -2.44. The minimum absolute atomic E-state index is 0.0397. The van der Waals surface area contributed by atoms with E-state index in [1.54, 1.807) is 0 Å². The molecule has 1 amide bonds. The van der Waals surface area contributed by atoms with E-state index < -0.39 is 9.84 Å². The van der Waals surface area contributed by atoms with Crippen molar-refractivity contribution in [1.82, 2.24) is 4.90 Å². The molecule has 2 aliphatic rings. The van der Waals surface area contributed by atoms with Gasteiger partial charge >= 0.3 is 0 Å². The molecule has 0 aromatic heterocycles. The number of nitrogens with zero attached hydrogens (tertiary/aromatic N) is 1. The Labute approximate surface area is 122 Å². The van der Waals surface area contributed by atoms with Crippen LogP contribution in [-0.2, 0) is 14.6 Å². The van der Waals surface area contributed by atoms with E-state index in [-0.39, 0.29) is 29.4 Å². The topological polar surface area (TPSA) is 54.5 Å². The smallest absolute Gasteiger partial charge is 0.223 e. The van der Waals surface area contributed by atoms with Gasteiger partial charge < -0.3 is 4.90 Å². The number of hydrogen-bond acceptors (Lipinski definition) is 3. The first-order valence-electron chi connectivity index (χ1n) is 7.85. The molecule has 1 heterocycles. The van der Waals surface area contributed by atoms with Gasteiger partial charge in [-0.2, -0.15) is 0 Å². The van der Waals surface area contributed by atoms with Crippen LogP contribution in [0.15, 0.2) is 0 Å². The number of rotatable bonds is 6. The summed E-state index contributed by atoms with van der Waals surface area (Å²) in [5, 5.41) is 0. The molecule has 1 saturated heterocycles. The van der Waals surface area contributed by atoms with Crippen molar-refractivity contribution in [3.8, 4) is 0 Å². The van der Waals surface area contributed by atoms with Crippen molar-refractivity contribution in [2.45, 2.75) is 65.0 Å². The zero-order chi connectivity index (χ0) is 14.9. The van der Waals surface area contributed by atoms with Crippen molar-refractivity contribution in [2.24, 2.45) is 11.8 Å². The lowest BCUT2D eigenvalue weighted by Gasteiger charge is -2.34. The van der Waals surface area contributed by atoms with E-state index >= 15 is 0 Å². The summed E-state index contributed by atoms with van der Waals surface area (Å²) in [6.07, 6.45) is 4.35. The van der Waals surface area contributed by atoms with Gasteiger partial charge in [-0.15, -0.1) is 0 Å². The Morgan fingerprint density at radius 1 is 1.25 bits per heavy atom. The molecule has 2 fully saturated rings. The normalized spacial score (nSPS) is 28.1. The van der Waals surface area contributed by atoms with Gasteiger partial charge in [0.25, 0.3) is 0 Å². The Morgan fingerprint density at radius 2 is 1.90 bits per heavy atom. The quantitative estimate of drug-likeness (QED) is 0.756. The molecule has 0 spiro atoms. The molecule has 0 radical (unpaired) electrons. The van der Waals surface area contributed by atoms with Crippen LogP contribution in [0, 0.1) is 11.8 Å². The van der Waals surface area contributed by atoms with Gasteiger partial charge in [0.05, 0.1) is 11.5 Å². The maximum atomic E-state index is 12.6. The average Bonchev–Trinajstić information content (AvgIpc) is 3.13. The van der Waals surface area contributed by atoms with Gasteiger partial charge in [0.1, 0.15) is 0 Å². The SMILES string of the molecule is CC[C@H](C)[C@H](C)N(C(=O)C[C@@H]1CCS(=O)(=O)C1)C1CC1. The molecular formula is C15H27NO3S. The highest BCUT2D eigenvalue weighted by Gasteiger charge is 2.39. The summed E-state index contributed by atoms with van der Waals surface area (Å²) in [6.45, 7) is 6.48. The molecule has 0 aromatic carbocycles. The molecule has 3 atom stereocenters. The zero-order valence-corrected chi connectivity index (χ0v) is 13.7. The minimum atomic E-state index is -2.88. The van der Waals surface area contributed by atoms with Crippen molar-refractivity contribution < 1.29 is 13.2 Å². The van der Waals surface area contributed by atoms with Crippen molar-refractivity contribution >= 4 is 15.7 Å². The summed E-state index contributed by atoms with van der Waals surface area (Å²) in [5.74, 6) is 1.16. The Kier molecular flexibility index (Phi) is 4.77. The second-order valence-corrected chi connectivity index (χ2v) is 8.86. The summed E-state index contributed by atoms with van der Waals surface area (Å²) < 4.78 is 23.0. The van der Waals surface area contributed by atoms with Crippen molar-refractivity contribution in [2.75, 3.05) is 11.5 Å². The minimum Gasteiger partial charge on any atom is -0.337 e. The molecule has 20 heavy (non-hydrogen) atoms. The van der Waals surface area contributed by atoms with E-state index in [1.165, 1.54) is 0 Å². The molecule has 0 aromatic rings. The number of carbonyl (C=O) groups is 1. The van der Waals surface area contributed by atoms with Crippen LogP contribution in [0.3, 0.4) is 0 Å². The van der Waals surface area contributed by atoms with Crippen LogP contribution in [0.1, 0.15) is 52.9 Å². The standard InChI is InChI=1S/C15H27NO3S/c1-4-11(2)12(3)16(14-5-6-14)15(17)9-13-7-8-20(18,19)10-13/h11-14H,4-10H2,1-3H3/t11-,12-,13-/m0/s1. The third-order valence-corrected chi connectivity index (χ3v) is 6.76. The summed E-state index contributed by atoms with van der Waals surface area (Å²) in [6, 6.07) is 0.669.